The van der Waals surface area contributed by atoms with Gasteiger partial charge in [0.1, 0.15) is 6.20 Å². The van der Waals surface area contributed by atoms with Gasteiger partial charge in [0.15, 0.2) is 0 Å². The van der Waals surface area contributed by atoms with Crippen molar-refractivity contribution in [2.45, 2.75) is 0 Å². The van der Waals surface area contributed by atoms with Crippen LogP contribution >= 0.6 is 15.9 Å². The molecule has 0 amide bonds. The molecule has 0 saturated heterocycles. The Kier molecular flexibility index (Phi) is 3.88. The lowest BCUT2D eigenvalue weighted by Crippen LogP contribution is -2.12. The summed E-state index contributed by atoms with van der Waals surface area (Å²) in [6.45, 7) is 0. The number of aromatic nitrogens is 2. The van der Waals surface area contributed by atoms with Gasteiger partial charge in [-0.25, -0.2) is 10.8 Å². The van der Waals surface area contributed by atoms with E-state index in [0.717, 1.165) is 10.7 Å². The molecule has 0 fully saturated rings. The zero-order valence-electron chi connectivity index (χ0n) is 9.50. The number of nitrogens with two attached hydrogens (primary N) is 1. The van der Waals surface area contributed by atoms with Gasteiger partial charge in [-0.05, 0) is 24.3 Å². The SMILES string of the molecule is NNc1ncc([N+](=O)[O-])c(Nc2ccc(Br)cc2)n1. The number of nitro groups is 1. The highest BCUT2D eigenvalue weighted by Crippen LogP contribution is 2.26. The van der Waals surface area contributed by atoms with Crippen LogP contribution in [0.25, 0.3) is 0 Å². The van der Waals surface area contributed by atoms with Gasteiger partial charge < -0.3 is 5.32 Å². The molecule has 2 aromatic rings. The normalized spacial score (nSPS) is 10.0. The van der Waals surface area contributed by atoms with Crippen LogP contribution in [-0.2, 0) is 0 Å². The second-order valence-electron chi connectivity index (χ2n) is 3.46. The predicted molar refractivity (Wildman–Crippen MR) is 73.9 cm³/mol. The third-order valence-electron chi connectivity index (χ3n) is 2.20. The van der Waals surface area contributed by atoms with Gasteiger partial charge in [-0.15, -0.1) is 0 Å². The second-order valence-corrected chi connectivity index (χ2v) is 4.38. The van der Waals surface area contributed by atoms with E-state index in [4.69, 9.17) is 5.84 Å². The molecule has 8 nitrogen and oxygen atoms in total. The van der Waals surface area contributed by atoms with Gasteiger partial charge in [0, 0.05) is 10.2 Å². The minimum Gasteiger partial charge on any atom is -0.334 e. The Morgan fingerprint density at radius 2 is 2.00 bits per heavy atom. The highest BCUT2D eigenvalue weighted by molar-refractivity contribution is 9.10. The van der Waals surface area contributed by atoms with Crippen LogP contribution in [0.4, 0.5) is 23.1 Å². The smallest absolute Gasteiger partial charge is 0.329 e. The lowest BCUT2D eigenvalue weighted by molar-refractivity contribution is -0.384. The summed E-state index contributed by atoms with van der Waals surface area (Å²) in [6.07, 6.45) is 1.09. The number of hydrogen-bond acceptors (Lipinski definition) is 7. The molecular weight excluding hydrogens is 316 g/mol. The molecule has 98 valence electrons. The molecule has 0 atom stereocenters. The largest absolute Gasteiger partial charge is 0.334 e. The van der Waals surface area contributed by atoms with Gasteiger partial charge in [0.25, 0.3) is 0 Å². The summed E-state index contributed by atoms with van der Waals surface area (Å²) in [6, 6.07) is 7.12. The molecule has 4 N–H and O–H groups in total. The second kappa shape index (κ2) is 5.59. The van der Waals surface area contributed by atoms with Crippen LogP contribution in [0.2, 0.25) is 0 Å². The van der Waals surface area contributed by atoms with Crippen molar-refractivity contribution in [1.29, 1.82) is 0 Å². The molecule has 0 unspecified atom stereocenters. The number of hydrazine groups is 1. The van der Waals surface area contributed by atoms with Crippen molar-refractivity contribution >= 4 is 39.1 Å². The Bertz CT molecular complexity index is 603. The Morgan fingerprint density at radius 1 is 1.32 bits per heavy atom. The molecule has 0 spiro atoms. The minimum atomic E-state index is -0.568. The van der Waals surface area contributed by atoms with Crippen molar-refractivity contribution in [2.24, 2.45) is 5.84 Å². The third kappa shape index (κ3) is 3.14. The molecule has 1 heterocycles. The maximum Gasteiger partial charge on any atom is 0.329 e. The summed E-state index contributed by atoms with van der Waals surface area (Å²) in [5, 5.41) is 13.7. The van der Waals surface area contributed by atoms with E-state index in [2.05, 4.69) is 36.6 Å². The average Bonchev–Trinajstić information content (AvgIpc) is 2.41. The molecule has 9 heteroatoms. The first-order chi connectivity index (χ1) is 9.10. The zero-order chi connectivity index (χ0) is 13.8. The van der Waals surface area contributed by atoms with E-state index in [9.17, 15) is 10.1 Å². The van der Waals surface area contributed by atoms with Crippen LogP contribution in [0.5, 0.6) is 0 Å². The van der Waals surface area contributed by atoms with Gasteiger partial charge >= 0.3 is 5.69 Å². The van der Waals surface area contributed by atoms with E-state index < -0.39 is 4.92 Å². The van der Waals surface area contributed by atoms with Crippen LogP contribution in [0.1, 0.15) is 0 Å². The molecule has 0 aliphatic rings. The Balaban J connectivity index is 2.36. The quantitative estimate of drug-likeness (QED) is 0.448. The lowest BCUT2D eigenvalue weighted by atomic mass is 10.3. The molecule has 1 aromatic heterocycles. The topological polar surface area (TPSA) is 119 Å². The van der Waals surface area contributed by atoms with Gasteiger partial charge in [-0.2, -0.15) is 4.98 Å². The van der Waals surface area contributed by atoms with Gasteiger partial charge in [-0.3, -0.25) is 15.5 Å². The lowest BCUT2D eigenvalue weighted by Gasteiger charge is -2.07. The number of nitrogen functional groups attached to an aromatic ring is 1. The van der Waals surface area contributed by atoms with Crippen molar-refractivity contribution in [3.8, 4) is 0 Å². The first-order valence-corrected chi connectivity index (χ1v) is 5.90. The van der Waals surface area contributed by atoms with Crippen LogP contribution in [0.15, 0.2) is 34.9 Å². The van der Waals surface area contributed by atoms with E-state index in [1.54, 1.807) is 24.3 Å². The standard InChI is InChI=1S/C10H9BrN6O2/c11-6-1-3-7(4-2-6)14-9-8(17(18)19)5-13-10(15-9)16-12/h1-5H,12H2,(H2,13,14,15,16). The first-order valence-electron chi connectivity index (χ1n) is 5.11. The zero-order valence-corrected chi connectivity index (χ0v) is 11.1. The third-order valence-corrected chi connectivity index (χ3v) is 2.73. The van der Waals surface area contributed by atoms with Gasteiger partial charge in [-0.1, -0.05) is 15.9 Å². The van der Waals surface area contributed by atoms with Crippen molar-refractivity contribution < 1.29 is 4.92 Å². The Hall–Kier alpha value is -2.26. The molecular formula is C10H9BrN6O2. The fourth-order valence-electron chi connectivity index (χ4n) is 1.34. The Morgan fingerprint density at radius 3 is 2.58 bits per heavy atom. The van der Waals surface area contributed by atoms with Crippen LogP contribution in [0.3, 0.4) is 0 Å². The molecule has 19 heavy (non-hydrogen) atoms. The number of nitrogens with one attached hydrogen (secondary N) is 2. The molecule has 0 aliphatic carbocycles. The molecule has 0 bridgehead atoms. The average molecular weight is 325 g/mol. The van der Waals surface area contributed by atoms with Crippen LogP contribution < -0.4 is 16.6 Å². The van der Waals surface area contributed by atoms with Gasteiger partial charge in [0.2, 0.25) is 11.8 Å². The number of rotatable bonds is 4. The number of halogens is 1. The monoisotopic (exact) mass is 324 g/mol. The van der Waals surface area contributed by atoms with Gasteiger partial charge in [0.05, 0.1) is 4.92 Å². The predicted octanol–water partition coefficient (Wildman–Crippen LogP) is 2.18. The minimum absolute atomic E-state index is 0.0651. The van der Waals surface area contributed by atoms with E-state index in [0.29, 0.717) is 5.69 Å². The molecule has 0 aliphatic heterocycles. The van der Waals surface area contributed by atoms with Crippen molar-refractivity contribution in [2.75, 3.05) is 10.7 Å². The fraction of sp³-hybridized carbons (Fsp3) is 0. The van der Waals surface area contributed by atoms with E-state index in [-0.39, 0.29) is 17.5 Å². The number of benzene rings is 1. The van der Waals surface area contributed by atoms with Crippen molar-refractivity contribution in [1.82, 2.24) is 9.97 Å². The van der Waals surface area contributed by atoms with Crippen molar-refractivity contribution in [3.63, 3.8) is 0 Å². The van der Waals surface area contributed by atoms with E-state index >= 15 is 0 Å². The first kappa shape index (κ1) is 13.2. The van der Waals surface area contributed by atoms with E-state index in [1.807, 2.05) is 0 Å². The summed E-state index contributed by atoms with van der Waals surface area (Å²) in [7, 11) is 0. The Labute approximate surface area is 116 Å². The number of anilines is 3. The highest BCUT2D eigenvalue weighted by Gasteiger charge is 2.17. The maximum atomic E-state index is 10.9. The van der Waals surface area contributed by atoms with Crippen molar-refractivity contribution in [3.05, 3.63) is 45.0 Å². The van der Waals surface area contributed by atoms with Crippen LogP contribution in [0, 0.1) is 10.1 Å². The fourth-order valence-corrected chi connectivity index (χ4v) is 1.60. The summed E-state index contributed by atoms with van der Waals surface area (Å²) >= 11 is 3.30. The molecule has 0 saturated carbocycles. The number of hydrogen-bond donors (Lipinski definition) is 3. The molecule has 1 aromatic carbocycles. The number of nitrogens with zero attached hydrogens (tertiary/aromatic N) is 3. The van der Waals surface area contributed by atoms with Crippen LogP contribution in [-0.4, -0.2) is 14.9 Å². The van der Waals surface area contributed by atoms with E-state index in [1.165, 1.54) is 0 Å². The summed E-state index contributed by atoms with van der Waals surface area (Å²) < 4.78 is 0.902. The summed E-state index contributed by atoms with van der Waals surface area (Å²) in [4.78, 5) is 17.9. The summed E-state index contributed by atoms with van der Waals surface area (Å²) in [5.74, 6) is 5.33. The molecule has 0 radical (unpaired) electrons. The highest BCUT2D eigenvalue weighted by atomic mass is 79.9. The maximum absolute atomic E-state index is 10.9. The summed E-state index contributed by atoms with van der Waals surface area (Å²) in [5.41, 5.74) is 2.66. The molecule has 2 rings (SSSR count).